The van der Waals surface area contributed by atoms with E-state index in [4.69, 9.17) is 18.9 Å². The van der Waals surface area contributed by atoms with E-state index in [9.17, 15) is 45.6 Å². The molecule has 0 spiro atoms. The zero-order valence-electron chi connectivity index (χ0n) is 43.2. The molecule has 0 aromatic heterocycles. The van der Waals surface area contributed by atoms with Gasteiger partial charge in [0.1, 0.15) is 48.8 Å². The van der Waals surface area contributed by atoms with E-state index in [0.717, 1.165) is 103 Å². The summed E-state index contributed by atoms with van der Waals surface area (Å²) >= 11 is 0. The van der Waals surface area contributed by atoms with Crippen molar-refractivity contribution in [1.82, 2.24) is 5.32 Å². The topological polar surface area (TPSA) is 228 Å². The summed E-state index contributed by atoms with van der Waals surface area (Å²) in [5.41, 5.74) is 0. The van der Waals surface area contributed by atoms with Gasteiger partial charge in [0, 0.05) is 6.42 Å². The summed E-state index contributed by atoms with van der Waals surface area (Å²) in [4.78, 5) is 13.1. The number of unbranched alkanes of at least 4 members (excludes halogenated alkanes) is 11. The Labute approximate surface area is 426 Å². The Balaban J connectivity index is 1.59. The Morgan fingerprint density at radius 2 is 0.972 bits per heavy atom. The molecule has 14 nitrogen and oxygen atoms in total. The first kappa shape index (κ1) is 64.0. The summed E-state index contributed by atoms with van der Waals surface area (Å²) in [6, 6.07) is -0.835. The summed E-state index contributed by atoms with van der Waals surface area (Å²) in [6.07, 6.45) is 40.8. The maximum Gasteiger partial charge on any atom is 0.220 e. The highest BCUT2D eigenvalue weighted by molar-refractivity contribution is 5.76. The first-order valence-electron chi connectivity index (χ1n) is 27.0. The van der Waals surface area contributed by atoms with Gasteiger partial charge in [-0.1, -0.05) is 175 Å². The number of carbonyl (C=O) groups excluding carboxylic acids is 1. The maximum atomic E-state index is 13.1. The predicted molar refractivity (Wildman–Crippen MR) is 281 cm³/mol. The minimum Gasteiger partial charge on any atom is -0.394 e. The molecule has 0 aromatic rings. The van der Waals surface area contributed by atoms with Gasteiger partial charge < -0.3 is 65.1 Å². The number of ether oxygens (including phenoxy) is 4. The Morgan fingerprint density at radius 3 is 1.48 bits per heavy atom. The Morgan fingerprint density at radius 1 is 0.521 bits per heavy atom. The number of hydrogen-bond donors (Lipinski definition) is 9. The van der Waals surface area contributed by atoms with Crippen molar-refractivity contribution in [3.05, 3.63) is 97.2 Å². The van der Waals surface area contributed by atoms with Gasteiger partial charge in [0.2, 0.25) is 5.91 Å². The number of aliphatic hydroxyl groups excluding tert-OH is 8. The SMILES string of the molecule is CC/C=C\C/C=C\C/C=C\C/C=C\C/C=C\C/C=C\C/C=C\C/C=C\CCCCCCCCCCC(=O)NC(COC1OC(CO)C(OC2OC(CO)C(O)C(O)C2O)C(O)C1O)C(O)CCCCCC. The van der Waals surface area contributed by atoms with Crippen molar-refractivity contribution in [2.45, 2.75) is 235 Å². The van der Waals surface area contributed by atoms with Gasteiger partial charge in [0.15, 0.2) is 12.6 Å². The first-order chi connectivity index (χ1) is 34.6. The number of allylic oxidation sites excluding steroid dienone is 16. The number of aliphatic hydroxyl groups is 8. The van der Waals surface area contributed by atoms with Crippen LogP contribution in [0.25, 0.3) is 0 Å². The normalized spacial score (nSPS) is 26.6. The van der Waals surface area contributed by atoms with Crippen molar-refractivity contribution < 1.29 is 64.6 Å². The highest BCUT2D eigenvalue weighted by atomic mass is 16.7. The Bertz CT molecular complexity index is 1560. The summed E-state index contributed by atoms with van der Waals surface area (Å²) < 4.78 is 22.6. The van der Waals surface area contributed by atoms with E-state index in [0.29, 0.717) is 12.8 Å². The fourth-order valence-electron chi connectivity index (χ4n) is 8.19. The molecule has 14 heteroatoms. The third-order valence-corrected chi connectivity index (χ3v) is 12.6. The lowest BCUT2D eigenvalue weighted by molar-refractivity contribution is -0.359. The molecule has 0 aliphatic carbocycles. The minimum atomic E-state index is -1.78. The molecule has 2 aliphatic rings. The summed E-state index contributed by atoms with van der Waals surface area (Å²) in [6.45, 7) is 2.57. The largest absolute Gasteiger partial charge is 0.394 e. The molecule has 12 unspecified atom stereocenters. The van der Waals surface area contributed by atoms with Crippen LogP contribution in [0.2, 0.25) is 0 Å². The van der Waals surface area contributed by atoms with Crippen LogP contribution in [0.4, 0.5) is 0 Å². The lowest BCUT2D eigenvalue weighted by atomic mass is 9.97. The summed E-state index contributed by atoms with van der Waals surface area (Å²) in [5, 5.41) is 86.3. The van der Waals surface area contributed by atoms with Gasteiger partial charge >= 0.3 is 0 Å². The average molecular weight is 1000 g/mol. The molecule has 0 radical (unpaired) electrons. The van der Waals surface area contributed by atoms with E-state index in [-0.39, 0.29) is 18.9 Å². The van der Waals surface area contributed by atoms with Gasteiger partial charge in [-0.15, -0.1) is 0 Å². The molecule has 0 bridgehead atoms. The molecule has 2 rings (SSSR count). The molecule has 406 valence electrons. The smallest absolute Gasteiger partial charge is 0.220 e. The standard InChI is InChI=1S/C57H95NO13/c1-3-5-7-9-10-11-12-13-14-15-16-17-18-19-20-21-22-23-24-25-26-27-28-29-30-31-32-33-34-35-36-37-39-41-49(62)58-45(46(61)40-38-8-6-4-2)44-68-56-54(67)52(65)55(48(43-60)70-56)71-57-53(66)51(64)50(63)47(42-59)69-57/h5,7,10-11,13-14,16-17,19-20,22-23,25-26,28-29,45-48,50-57,59-61,63-67H,3-4,6,8-9,12,15,18,21,24,27,30-44H2,1-2H3,(H,58,62)/b7-5-,11-10-,14-13-,17-16-,20-19-,23-22-,26-25-,29-28-. The van der Waals surface area contributed by atoms with E-state index in [1.165, 1.54) is 25.7 Å². The molecule has 2 fully saturated rings. The van der Waals surface area contributed by atoms with Crippen molar-refractivity contribution in [3.8, 4) is 0 Å². The molecule has 2 heterocycles. The second-order valence-electron chi connectivity index (χ2n) is 18.6. The van der Waals surface area contributed by atoms with Crippen molar-refractivity contribution in [2.24, 2.45) is 0 Å². The Kier molecular flexibility index (Phi) is 38.1. The lowest BCUT2D eigenvalue weighted by Gasteiger charge is -2.46. The van der Waals surface area contributed by atoms with Crippen molar-refractivity contribution in [1.29, 1.82) is 0 Å². The third kappa shape index (κ3) is 28.8. The van der Waals surface area contributed by atoms with Crippen molar-refractivity contribution in [3.63, 3.8) is 0 Å². The van der Waals surface area contributed by atoms with Crippen LogP contribution in [0.3, 0.4) is 0 Å². The molecule has 1 amide bonds. The predicted octanol–water partition coefficient (Wildman–Crippen LogP) is 7.93. The third-order valence-electron chi connectivity index (χ3n) is 12.6. The quantitative estimate of drug-likeness (QED) is 0.0210. The van der Waals surface area contributed by atoms with E-state index >= 15 is 0 Å². The van der Waals surface area contributed by atoms with Crippen LogP contribution in [-0.4, -0.2) is 140 Å². The highest BCUT2D eigenvalue weighted by Crippen LogP contribution is 2.30. The van der Waals surface area contributed by atoms with Crippen molar-refractivity contribution >= 4 is 5.91 Å². The van der Waals surface area contributed by atoms with E-state index < -0.39 is 86.8 Å². The molecule has 9 N–H and O–H groups in total. The highest BCUT2D eigenvalue weighted by Gasteiger charge is 2.51. The van der Waals surface area contributed by atoms with E-state index in [1.807, 2.05) is 0 Å². The zero-order chi connectivity index (χ0) is 51.7. The van der Waals surface area contributed by atoms with Gasteiger partial charge in [0.05, 0.1) is 32.0 Å². The molecular formula is C57H95NO13. The van der Waals surface area contributed by atoms with Gasteiger partial charge in [-0.25, -0.2) is 0 Å². The van der Waals surface area contributed by atoms with Gasteiger partial charge in [0.25, 0.3) is 0 Å². The molecule has 0 aromatic carbocycles. The molecule has 12 atom stereocenters. The minimum absolute atomic E-state index is 0.231. The van der Waals surface area contributed by atoms with E-state index in [1.54, 1.807) is 0 Å². The number of hydrogen-bond acceptors (Lipinski definition) is 13. The van der Waals surface area contributed by atoms with E-state index in [2.05, 4.69) is 116 Å². The van der Waals surface area contributed by atoms with Crippen LogP contribution < -0.4 is 5.32 Å². The van der Waals surface area contributed by atoms with Crippen LogP contribution in [-0.2, 0) is 23.7 Å². The van der Waals surface area contributed by atoms with Crippen LogP contribution in [0.1, 0.15) is 162 Å². The fourth-order valence-corrected chi connectivity index (χ4v) is 8.19. The molecule has 0 saturated carbocycles. The second-order valence-corrected chi connectivity index (χ2v) is 18.6. The van der Waals surface area contributed by atoms with Gasteiger partial charge in [-0.05, 0) is 77.0 Å². The number of nitrogens with one attached hydrogen (secondary N) is 1. The van der Waals surface area contributed by atoms with Crippen LogP contribution in [0.5, 0.6) is 0 Å². The monoisotopic (exact) mass is 1000 g/mol. The van der Waals surface area contributed by atoms with Crippen LogP contribution >= 0.6 is 0 Å². The average Bonchev–Trinajstić information content (AvgIpc) is 3.37. The zero-order valence-corrected chi connectivity index (χ0v) is 43.2. The summed E-state index contributed by atoms with van der Waals surface area (Å²) in [7, 11) is 0. The van der Waals surface area contributed by atoms with Crippen molar-refractivity contribution in [2.75, 3.05) is 19.8 Å². The number of rotatable bonds is 40. The molecule has 2 saturated heterocycles. The van der Waals surface area contributed by atoms with Gasteiger partial charge in [-0.2, -0.15) is 0 Å². The Hall–Kier alpha value is -3.09. The maximum absolute atomic E-state index is 13.1. The fraction of sp³-hybridized carbons (Fsp3) is 0.702. The lowest BCUT2D eigenvalue weighted by Crippen LogP contribution is -2.65. The number of carbonyl (C=O) groups is 1. The summed E-state index contributed by atoms with van der Waals surface area (Å²) in [5.74, 6) is -0.231. The number of amides is 1. The molecule has 2 aliphatic heterocycles. The molecule has 71 heavy (non-hydrogen) atoms. The van der Waals surface area contributed by atoms with Crippen LogP contribution in [0, 0.1) is 0 Å². The molecular weight excluding hydrogens is 907 g/mol. The second kappa shape index (κ2) is 42.3. The van der Waals surface area contributed by atoms with Crippen LogP contribution in [0.15, 0.2) is 97.2 Å². The van der Waals surface area contributed by atoms with Gasteiger partial charge in [-0.3, -0.25) is 4.79 Å². The first-order valence-corrected chi connectivity index (χ1v) is 27.0.